The molecule has 0 saturated carbocycles. The van der Waals surface area contributed by atoms with Gasteiger partial charge in [-0.2, -0.15) is 0 Å². The average Bonchev–Trinajstić information content (AvgIpc) is 2.87. The fourth-order valence-corrected chi connectivity index (χ4v) is 2.86. The van der Waals surface area contributed by atoms with E-state index in [0.717, 1.165) is 23.9 Å². The van der Waals surface area contributed by atoms with E-state index in [0.29, 0.717) is 5.92 Å². The monoisotopic (exact) mass is 319 g/mol. The Balaban J connectivity index is 2.18. The summed E-state index contributed by atoms with van der Waals surface area (Å²) in [6.07, 6.45) is 0.735. The zero-order valence-corrected chi connectivity index (χ0v) is 14.0. The van der Waals surface area contributed by atoms with Crippen molar-refractivity contribution in [2.45, 2.75) is 32.0 Å². The van der Waals surface area contributed by atoms with Crippen molar-refractivity contribution in [3.8, 4) is 0 Å². The zero-order chi connectivity index (χ0) is 15.9. The van der Waals surface area contributed by atoms with Crippen LogP contribution in [0.5, 0.6) is 0 Å². The van der Waals surface area contributed by atoms with Gasteiger partial charge in [-0.05, 0) is 11.5 Å². The predicted octanol–water partition coefficient (Wildman–Crippen LogP) is 2.79. The first-order valence-corrected chi connectivity index (χ1v) is 8.24. The molecule has 22 heavy (non-hydrogen) atoms. The van der Waals surface area contributed by atoms with Gasteiger partial charge in [0, 0.05) is 13.0 Å². The highest BCUT2D eigenvalue weighted by Crippen LogP contribution is 2.20. The molecule has 0 unspecified atom stereocenters. The molecule has 0 N–H and O–H groups in total. The second-order valence-corrected chi connectivity index (χ2v) is 6.37. The molecular formula is C16H21N3O2S. The summed E-state index contributed by atoms with van der Waals surface area (Å²) < 4.78 is 6.78. The molecule has 0 radical (unpaired) electrons. The van der Waals surface area contributed by atoms with Gasteiger partial charge in [-0.3, -0.25) is 4.79 Å². The molecule has 2 aromatic rings. The Morgan fingerprint density at radius 3 is 2.64 bits per heavy atom. The number of hydrogen-bond acceptors (Lipinski definition) is 5. The maximum Gasteiger partial charge on any atom is 0.316 e. The van der Waals surface area contributed by atoms with E-state index in [1.165, 1.54) is 24.4 Å². The van der Waals surface area contributed by atoms with Crippen molar-refractivity contribution in [1.29, 1.82) is 0 Å². The van der Waals surface area contributed by atoms with Gasteiger partial charge in [-0.15, -0.1) is 10.2 Å². The van der Waals surface area contributed by atoms with Gasteiger partial charge in [0.15, 0.2) is 5.16 Å². The molecule has 6 heteroatoms. The van der Waals surface area contributed by atoms with E-state index in [1.54, 1.807) is 0 Å². The second kappa shape index (κ2) is 7.98. The maximum absolute atomic E-state index is 11.3. The standard InChI is InChI=1S/C16H21N3O2S/c1-12(2)10-19-14(9-13-7-5-4-6-8-13)17-18-16(19)22-11-15(20)21-3/h4-8,12H,9-11H2,1-3H3. The van der Waals surface area contributed by atoms with Crippen molar-refractivity contribution in [1.82, 2.24) is 14.8 Å². The lowest BCUT2D eigenvalue weighted by Crippen LogP contribution is -2.11. The molecule has 0 amide bonds. The molecule has 0 bridgehead atoms. The summed E-state index contributed by atoms with van der Waals surface area (Å²) in [5, 5.41) is 9.32. The first kappa shape index (κ1) is 16.5. The fourth-order valence-electron chi connectivity index (χ4n) is 2.07. The van der Waals surface area contributed by atoms with Crippen LogP contribution in [0.3, 0.4) is 0 Å². The van der Waals surface area contributed by atoms with Gasteiger partial charge in [0.2, 0.25) is 0 Å². The molecule has 1 aromatic carbocycles. The summed E-state index contributed by atoms with van der Waals surface area (Å²) in [6, 6.07) is 10.2. The molecule has 0 spiro atoms. The summed E-state index contributed by atoms with van der Waals surface area (Å²) in [5.74, 6) is 1.39. The number of aromatic nitrogens is 3. The molecule has 118 valence electrons. The Bertz CT molecular complexity index is 611. The van der Waals surface area contributed by atoms with Gasteiger partial charge in [0.05, 0.1) is 12.9 Å². The number of benzene rings is 1. The summed E-state index contributed by atoms with van der Waals surface area (Å²) >= 11 is 1.37. The van der Waals surface area contributed by atoms with E-state index in [2.05, 4.69) is 45.5 Å². The number of carbonyl (C=O) groups is 1. The first-order valence-electron chi connectivity index (χ1n) is 7.25. The Morgan fingerprint density at radius 2 is 2.00 bits per heavy atom. The van der Waals surface area contributed by atoms with Crippen molar-refractivity contribution in [2.24, 2.45) is 5.92 Å². The molecule has 0 aliphatic carbocycles. The Morgan fingerprint density at radius 1 is 1.27 bits per heavy atom. The number of rotatable bonds is 7. The van der Waals surface area contributed by atoms with Crippen molar-refractivity contribution in [2.75, 3.05) is 12.9 Å². The molecule has 1 aromatic heterocycles. The predicted molar refractivity (Wildman–Crippen MR) is 86.8 cm³/mol. The number of esters is 1. The fraction of sp³-hybridized carbons (Fsp3) is 0.438. The van der Waals surface area contributed by atoms with E-state index < -0.39 is 0 Å². The van der Waals surface area contributed by atoms with Crippen LogP contribution in [-0.2, 0) is 22.5 Å². The van der Waals surface area contributed by atoms with Crippen LogP contribution in [0.15, 0.2) is 35.5 Å². The summed E-state index contributed by atoms with van der Waals surface area (Å²) in [7, 11) is 1.39. The molecule has 5 nitrogen and oxygen atoms in total. The Labute approximate surface area is 135 Å². The number of nitrogens with zero attached hydrogens (tertiary/aromatic N) is 3. The number of carbonyl (C=O) groups excluding carboxylic acids is 1. The molecule has 0 aliphatic heterocycles. The quantitative estimate of drug-likeness (QED) is 0.580. The van der Waals surface area contributed by atoms with Crippen LogP contribution in [0.4, 0.5) is 0 Å². The second-order valence-electron chi connectivity index (χ2n) is 5.43. The Hall–Kier alpha value is -1.82. The van der Waals surface area contributed by atoms with Crippen LogP contribution in [0.1, 0.15) is 25.2 Å². The minimum absolute atomic E-state index is 0.248. The van der Waals surface area contributed by atoms with Gasteiger partial charge < -0.3 is 9.30 Å². The van der Waals surface area contributed by atoms with Crippen LogP contribution < -0.4 is 0 Å². The maximum atomic E-state index is 11.3. The van der Waals surface area contributed by atoms with Crippen LogP contribution in [0, 0.1) is 5.92 Å². The van der Waals surface area contributed by atoms with Gasteiger partial charge in [0.25, 0.3) is 0 Å². The van der Waals surface area contributed by atoms with E-state index in [9.17, 15) is 4.79 Å². The Kier molecular flexibility index (Phi) is 6.00. The molecule has 0 atom stereocenters. The smallest absolute Gasteiger partial charge is 0.316 e. The minimum atomic E-state index is -0.256. The highest BCUT2D eigenvalue weighted by Gasteiger charge is 2.15. The van der Waals surface area contributed by atoms with Crippen LogP contribution in [0.25, 0.3) is 0 Å². The van der Waals surface area contributed by atoms with E-state index >= 15 is 0 Å². The van der Waals surface area contributed by atoms with Crippen LogP contribution >= 0.6 is 11.8 Å². The summed E-state index contributed by atoms with van der Waals surface area (Å²) in [4.78, 5) is 11.3. The zero-order valence-electron chi connectivity index (χ0n) is 13.2. The van der Waals surface area contributed by atoms with Gasteiger partial charge in [-0.1, -0.05) is 55.9 Å². The molecule has 0 saturated heterocycles. The molecule has 2 rings (SSSR count). The molecule has 1 heterocycles. The number of thioether (sulfide) groups is 1. The molecular weight excluding hydrogens is 298 g/mol. The van der Waals surface area contributed by atoms with Crippen molar-refractivity contribution >= 4 is 17.7 Å². The van der Waals surface area contributed by atoms with E-state index in [1.807, 2.05) is 18.2 Å². The number of ether oxygens (including phenoxy) is 1. The lowest BCUT2D eigenvalue weighted by molar-refractivity contribution is -0.137. The lowest BCUT2D eigenvalue weighted by atomic mass is 10.1. The lowest BCUT2D eigenvalue weighted by Gasteiger charge is -2.12. The van der Waals surface area contributed by atoms with Crippen molar-refractivity contribution < 1.29 is 9.53 Å². The number of methoxy groups -OCH3 is 1. The molecule has 0 fully saturated rings. The first-order chi connectivity index (χ1) is 10.6. The minimum Gasteiger partial charge on any atom is -0.468 e. The van der Waals surface area contributed by atoms with Crippen molar-refractivity contribution in [3.63, 3.8) is 0 Å². The SMILES string of the molecule is COC(=O)CSc1nnc(Cc2ccccc2)n1CC(C)C. The van der Waals surface area contributed by atoms with Crippen LogP contribution in [0.2, 0.25) is 0 Å². The van der Waals surface area contributed by atoms with E-state index in [4.69, 9.17) is 0 Å². The van der Waals surface area contributed by atoms with E-state index in [-0.39, 0.29) is 11.7 Å². The third-order valence-corrected chi connectivity index (χ3v) is 4.03. The third-order valence-electron chi connectivity index (χ3n) is 3.09. The highest BCUT2D eigenvalue weighted by atomic mass is 32.2. The molecule has 0 aliphatic rings. The third kappa shape index (κ3) is 4.59. The number of hydrogen-bond donors (Lipinski definition) is 0. The normalized spacial score (nSPS) is 10.9. The van der Waals surface area contributed by atoms with Gasteiger partial charge in [-0.25, -0.2) is 0 Å². The topological polar surface area (TPSA) is 57.0 Å². The summed E-state index contributed by atoms with van der Waals surface area (Å²) in [6.45, 7) is 5.14. The van der Waals surface area contributed by atoms with Crippen LogP contribution in [-0.4, -0.2) is 33.6 Å². The average molecular weight is 319 g/mol. The van der Waals surface area contributed by atoms with Crippen molar-refractivity contribution in [3.05, 3.63) is 41.7 Å². The highest BCUT2D eigenvalue weighted by molar-refractivity contribution is 7.99. The summed E-state index contributed by atoms with van der Waals surface area (Å²) in [5.41, 5.74) is 1.20. The van der Waals surface area contributed by atoms with Gasteiger partial charge in [0.1, 0.15) is 5.82 Å². The largest absolute Gasteiger partial charge is 0.468 e. The van der Waals surface area contributed by atoms with Gasteiger partial charge >= 0.3 is 5.97 Å².